The first-order chi connectivity index (χ1) is 17.1. The second-order valence-electron chi connectivity index (χ2n) is 9.04. The van der Waals surface area contributed by atoms with Gasteiger partial charge in [0.05, 0.1) is 26.7 Å². The molecular formula is C28H25FO6. The molecule has 2 heterocycles. The van der Waals surface area contributed by atoms with E-state index in [9.17, 15) is 9.18 Å². The highest BCUT2D eigenvalue weighted by molar-refractivity contribution is 5.71. The van der Waals surface area contributed by atoms with Crippen molar-refractivity contribution in [2.24, 2.45) is 0 Å². The van der Waals surface area contributed by atoms with Crippen molar-refractivity contribution in [1.29, 1.82) is 0 Å². The second-order valence-corrected chi connectivity index (χ2v) is 9.04. The number of carbonyl (C=O) groups excluding carboxylic acids is 1. The third-order valence-corrected chi connectivity index (χ3v) is 6.91. The summed E-state index contributed by atoms with van der Waals surface area (Å²) in [6, 6.07) is 14.5. The van der Waals surface area contributed by atoms with E-state index in [4.69, 9.17) is 23.7 Å². The summed E-state index contributed by atoms with van der Waals surface area (Å²) < 4.78 is 43.5. The maximum absolute atomic E-state index is 14.9. The molecule has 35 heavy (non-hydrogen) atoms. The van der Waals surface area contributed by atoms with Crippen LogP contribution in [0.25, 0.3) is 0 Å². The molecule has 0 N–H and O–H groups in total. The molecule has 0 aromatic heterocycles. The molecule has 0 fully saturated rings. The summed E-state index contributed by atoms with van der Waals surface area (Å²) in [4.78, 5) is 11.7. The molecule has 0 saturated heterocycles. The lowest BCUT2D eigenvalue weighted by Crippen LogP contribution is -2.09. The van der Waals surface area contributed by atoms with Gasteiger partial charge in [0.1, 0.15) is 40.7 Å². The molecule has 2 atom stereocenters. The molecule has 0 spiro atoms. The largest absolute Gasteiger partial charge is 0.493 e. The van der Waals surface area contributed by atoms with Gasteiger partial charge in [-0.15, -0.1) is 0 Å². The van der Waals surface area contributed by atoms with Gasteiger partial charge in [0, 0.05) is 40.7 Å². The van der Waals surface area contributed by atoms with Crippen LogP contribution in [0.4, 0.5) is 4.39 Å². The molecule has 0 bridgehead atoms. The minimum Gasteiger partial charge on any atom is -0.493 e. The number of benzene rings is 3. The SMILES string of the molecule is COC(=O)C[C@@H]1COc2cc(O[C@@H]3CCc4c(Oc5ccc6c(c5)CCO6)ccc(F)c43)ccc21. The van der Waals surface area contributed by atoms with Gasteiger partial charge in [-0.05, 0) is 49.2 Å². The fourth-order valence-electron chi connectivity index (χ4n) is 5.16. The van der Waals surface area contributed by atoms with Crippen molar-refractivity contribution < 1.29 is 32.9 Å². The molecule has 7 heteroatoms. The number of hydrogen-bond donors (Lipinski definition) is 0. The molecule has 0 amide bonds. The Morgan fingerprint density at radius 3 is 2.80 bits per heavy atom. The Morgan fingerprint density at radius 2 is 1.91 bits per heavy atom. The van der Waals surface area contributed by atoms with Crippen LogP contribution in [0, 0.1) is 5.82 Å². The zero-order chi connectivity index (χ0) is 23.9. The van der Waals surface area contributed by atoms with E-state index in [1.807, 2.05) is 36.4 Å². The van der Waals surface area contributed by atoms with Gasteiger partial charge in [-0.25, -0.2) is 4.39 Å². The van der Waals surface area contributed by atoms with Crippen molar-refractivity contribution in [2.75, 3.05) is 20.3 Å². The van der Waals surface area contributed by atoms with Crippen LogP contribution >= 0.6 is 0 Å². The lowest BCUT2D eigenvalue weighted by atomic mass is 9.98. The van der Waals surface area contributed by atoms with Crippen molar-refractivity contribution in [3.05, 3.63) is 76.6 Å². The summed E-state index contributed by atoms with van der Waals surface area (Å²) in [5, 5.41) is 0. The molecule has 3 aromatic carbocycles. The number of carbonyl (C=O) groups is 1. The standard InChI is InChI=1S/C28H25FO6/c1-31-27(30)13-17-15-33-26-14-19(2-4-20(17)26)35-25-8-5-21-24(9-6-22(29)28(21)25)34-18-3-7-23-16(12-18)10-11-32-23/h2-4,6-7,9,12,14,17,25H,5,8,10-11,13,15H2,1H3/t17-,25-/m1/s1. The molecule has 3 aromatic rings. The Bertz CT molecular complexity index is 1300. The first-order valence-electron chi connectivity index (χ1n) is 11.8. The molecule has 1 aliphatic carbocycles. The number of methoxy groups -OCH3 is 1. The fourth-order valence-corrected chi connectivity index (χ4v) is 5.16. The van der Waals surface area contributed by atoms with Gasteiger partial charge in [-0.2, -0.15) is 0 Å². The molecule has 0 unspecified atom stereocenters. The van der Waals surface area contributed by atoms with Crippen molar-refractivity contribution in [1.82, 2.24) is 0 Å². The average Bonchev–Trinajstić information content (AvgIpc) is 3.60. The lowest BCUT2D eigenvalue weighted by molar-refractivity contribution is -0.141. The minimum absolute atomic E-state index is 0.0402. The first kappa shape index (κ1) is 21.8. The van der Waals surface area contributed by atoms with Gasteiger partial charge >= 0.3 is 5.97 Å². The lowest BCUT2D eigenvalue weighted by Gasteiger charge is -2.17. The van der Waals surface area contributed by atoms with E-state index >= 15 is 0 Å². The quantitative estimate of drug-likeness (QED) is 0.428. The number of esters is 1. The molecule has 0 radical (unpaired) electrons. The van der Waals surface area contributed by atoms with Crippen LogP contribution in [0.15, 0.2) is 48.5 Å². The van der Waals surface area contributed by atoms with E-state index in [1.165, 1.54) is 13.2 Å². The maximum Gasteiger partial charge on any atom is 0.306 e. The van der Waals surface area contributed by atoms with E-state index in [0.29, 0.717) is 54.6 Å². The Balaban J connectivity index is 1.21. The third kappa shape index (κ3) is 4.05. The Morgan fingerprint density at radius 1 is 1.03 bits per heavy atom. The highest BCUT2D eigenvalue weighted by atomic mass is 19.1. The molecule has 6 rings (SSSR count). The van der Waals surface area contributed by atoms with Gasteiger partial charge in [0.15, 0.2) is 0 Å². The number of fused-ring (bicyclic) bond motifs is 3. The molecule has 180 valence electrons. The van der Waals surface area contributed by atoms with Gasteiger partial charge < -0.3 is 23.7 Å². The van der Waals surface area contributed by atoms with E-state index in [-0.39, 0.29) is 24.1 Å². The van der Waals surface area contributed by atoms with Crippen LogP contribution in [-0.4, -0.2) is 26.3 Å². The van der Waals surface area contributed by atoms with Crippen LogP contribution in [0.3, 0.4) is 0 Å². The number of hydrogen-bond acceptors (Lipinski definition) is 6. The summed E-state index contributed by atoms with van der Waals surface area (Å²) in [6.45, 7) is 1.10. The Kier molecular flexibility index (Phi) is 5.47. The van der Waals surface area contributed by atoms with E-state index < -0.39 is 6.10 Å². The molecule has 2 aliphatic heterocycles. The number of halogens is 1. The first-order valence-corrected chi connectivity index (χ1v) is 11.8. The van der Waals surface area contributed by atoms with Crippen LogP contribution in [0.5, 0.6) is 28.7 Å². The van der Waals surface area contributed by atoms with Crippen molar-refractivity contribution in [3.8, 4) is 28.7 Å². The molecule has 6 nitrogen and oxygen atoms in total. The average molecular weight is 477 g/mol. The topological polar surface area (TPSA) is 63.2 Å². The highest BCUT2D eigenvalue weighted by Crippen LogP contribution is 2.44. The number of ether oxygens (including phenoxy) is 5. The summed E-state index contributed by atoms with van der Waals surface area (Å²) in [5.74, 6) is 2.94. The number of rotatable bonds is 6. The Hall–Kier alpha value is -3.74. The van der Waals surface area contributed by atoms with Gasteiger partial charge in [-0.1, -0.05) is 6.07 Å². The molecule has 0 saturated carbocycles. The Labute approximate surface area is 202 Å². The fraction of sp³-hybridized carbons (Fsp3) is 0.321. The summed E-state index contributed by atoms with van der Waals surface area (Å²) >= 11 is 0. The van der Waals surface area contributed by atoms with Gasteiger partial charge in [0.25, 0.3) is 0 Å². The van der Waals surface area contributed by atoms with E-state index in [1.54, 1.807) is 6.07 Å². The van der Waals surface area contributed by atoms with Crippen molar-refractivity contribution in [3.63, 3.8) is 0 Å². The summed E-state index contributed by atoms with van der Waals surface area (Å²) in [5.41, 5.74) is 3.45. The van der Waals surface area contributed by atoms with Crippen LogP contribution in [0.2, 0.25) is 0 Å². The predicted molar refractivity (Wildman–Crippen MR) is 125 cm³/mol. The normalized spacial score (nSPS) is 19.3. The minimum atomic E-state index is -0.424. The maximum atomic E-state index is 14.9. The van der Waals surface area contributed by atoms with E-state index in [0.717, 1.165) is 28.9 Å². The van der Waals surface area contributed by atoms with Crippen molar-refractivity contribution >= 4 is 5.97 Å². The van der Waals surface area contributed by atoms with Gasteiger partial charge in [-0.3, -0.25) is 4.79 Å². The van der Waals surface area contributed by atoms with E-state index in [2.05, 4.69) is 0 Å². The third-order valence-electron chi connectivity index (χ3n) is 6.91. The van der Waals surface area contributed by atoms with Crippen LogP contribution in [0.1, 0.15) is 47.1 Å². The van der Waals surface area contributed by atoms with Gasteiger partial charge in [0.2, 0.25) is 0 Å². The zero-order valence-corrected chi connectivity index (χ0v) is 19.3. The predicted octanol–water partition coefficient (Wildman–Crippen LogP) is 5.66. The highest BCUT2D eigenvalue weighted by Gasteiger charge is 2.32. The molecular weight excluding hydrogens is 451 g/mol. The summed E-state index contributed by atoms with van der Waals surface area (Å²) in [7, 11) is 1.38. The monoisotopic (exact) mass is 476 g/mol. The molecule has 3 aliphatic rings. The summed E-state index contributed by atoms with van der Waals surface area (Å²) in [6.07, 6.45) is 2.01. The van der Waals surface area contributed by atoms with Crippen LogP contribution in [-0.2, 0) is 22.4 Å². The smallest absolute Gasteiger partial charge is 0.306 e. The van der Waals surface area contributed by atoms with Crippen molar-refractivity contribution in [2.45, 2.75) is 37.7 Å². The second kappa shape index (κ2) is 8.80. The van der Waals surface area contributed by atoms with Crippen LogP contribution < -0.4 is 18.9 Å². The zero-order valence-electron chi connectivity index (χ0n) is 19.3.